The Hall–Kier alpha value is -0.900. The third-order valence-electron chi connectivity index (χ3n) is 3.72. The summed E-state index contributed by atoms with van der Waals surface area (Å²) in [6, 6.07) is -0.192. The van der Waals surface area contributed by atoms with Crippen molar-refractivity contribution in [1.82, 2.24) is 10.1 Å². The molecule has 1 fully saturated rings. The fourth-order valence-electron chi connectivity index (χ4n) is 2.35. The lowest BCUT2D eigenvalue weighted by atomic mass is 9.87. The molecule has 0 amide bonds. The van der Waals surface area contributed by atoms with Gasteiger partial charge in [0.15, 0.2) is 5.82 Å². The van der Waals surface area contributed by atoms with Crippen molar-refractivity contribution < 1.29 is 4.52 Å². The summed E-state index contributed by atoms with van der Waals surface area (Å²) < 4.78 is 5.31. The number of nitrogens with two attached hydrogens (primary N) is 1. The fraction of sp³-hybridized carbons (Fsp3) is 0.846. The average Bonchev–Trinajstić information content (AvgIpc) is 2.83. The molecule has 3 atom stereocenters. The lowest BCUT2D eigenvalue weighted by Gasteiger charge is -2.23. The van der Waals surface area contributed by atoms with E-state index in [4.69, 9.17) is 10.3 Å². The highest BCUT2D eigenvalue weighted by molar-refractivity contribution is 5.02. The first-order valence-electron chi connectivity index (χ1n) is 6.47. The van der Waals surface area contributed by atoms with E-state index in [0.29, 0.717) is 11.8 Å². The summed E-state index contributed by atoms with van der Waals surface area (Å²) in [5.74, 6) is 2.67. The molecule has 0 spiro atoms. The molecule has 0 aliphatic heterocycles. The normalized spacial score (nSPS) is 27.4. The summed E-state index contributed by atoms with van der Waals surface area (Å²) in [6.07, 6.45) is 3.61. The molecular weight excluding hydrogens is 214 g/mol. The summed E-state index contributed by atoms with van der Waals surface area (Å²) in [5.41, 5.74) is 6.07. The minimum Gasteiger partial charge on any atom is -0.338 e. The topological polar surface area (TPSA) is 64.9 Å². The van der Waals surface area contributed by atoms with Gasteiger partial charge in [-0.1, -0.05) is 32.9 Å². The van der Waals surface area contributed by atoms with Crippen LogP contribution in [0.25, 0.3) is 0 Å². The summed E-state index contributed by atoms with van der Waals surface area (Å²) in [6.45, 7) is 8.53. The van der Waals surface area contributed by atoms with E-state index in [0.717, 1.165) is 11.7 Å². The number of aromatic nitrogens is 2. The van der Waals surface area contributed by atoms with Gasteiger partial charge in [0, 0.05) is 5.92 Å². The summed E-state index contributed by atoms with van der Waals surface area (Å²) in [5, 5.41) is 4.10. The van der Waals surface area contributed by atoms with E-state index in [1.54, 1.807) is 0 Å². The first-order valence-corrected chi connectivity index (χ1v) is 6.47. The summed E-state index contributed by atoms with van der Waals surface area (Å²) in [7, 11) is 0. The van der Waals surface area contributed by atoms with Crippen molar-refractivity contribution in [3.8, 4) is 0 Å². The zero-order chi connectivity index (χ0) is 12.6. The second-order valence-corrected chi connectivity index (χ2v) is 6.45. The molecule has 0 bridgehead atoms. The Labute approximate surface area is 103 Å². The Morgan fingerprint density at radius 3 is 2.59 bits per heavy atom. The second kappa shape index (κ2) is 4.41. The highest BCUT2D eigenvalue weighted by atomic mass is 16.5. The van der Waals surface area contributed by atoms with Crippen LogP contribution in [0, 0.1) is 11.3 Å². The maximum Gasteiger partial charge on any atom is 0.244 e. The van der Waals surface area contributed by atoms with Crippen molar-refractivity contribution in [2.24, 2.45) is 17.1 Å². The first kappa shape index (κ1) is 12.6. The third kappa shape index (κ3) is 2.68. The van der Waals surface area contributed by atoms with Crippen LogP contribution < -0.4 is 5.73 Å². The maximum absolute atomic E-state index is 6.12. The van der Waals surface area contributed by atoms with Gasteiger partial charge in [-0.25, -0.2) is 0 Å². The predicted octanol–water partition coefficient (Wildman–Crippen LogP) is 3.02. The molecule has 17 heavy (non-hydrogen) atoms. The lowest BCUT2D eigenvalue weighted by molar-refractivity contribution is 0.252. The molecule has 96 valence electrons. The van der Waals surface area contributed by atoms with E-state index >= 15 is 0 Å². The van der Waals surface area contributed by atoms with E-state index < -0.39 is 0 Å². The lowest BCUT2D eigenvalue weighted by Crippen LogP contribution is -2.26. The van der Waals surface area contributed by atoms with Crippen LogP contribution in [0.2, 0.25) is 0 Å². The molecule has 4 nitrogen and oxygen atoms in total. The van der Waals surface area contributed by atoms with Crippen LogP contribution in [-0.4, -0.2) is 10.1 Å². The molecule has 4 heteroatoms. The van der Waals surface area contributed by atoms with Crippen molar-refractivity contribution in [2.45, 2.75) is 58.9 Å². The van der Waals surface area contributed by atoms with E-state index in [1.165, 1.54) is 19.3 Å². The van der Waals surface area contributed by atoms with Gasteiger partial charge in [0.25, 0.3) is 0 Å². The van der Waals surface area contributed by atoms with Crippen LogP contribution in [-0.2, 0) is 0 Å². The monoisotopic (exact) mass is 237 g/mol. The van der Waals surface area contributed by atoms with Crippen LogP contribution >= 0.6 is 0 Å². The molecule has 1 aliphatic rings. The number of nitrogens with zero attached hydrogens (tertiary/aromatic N) is 2. The molecule has 2 N–H and O–H groups in total. The van der Waals surface area contributed by atoms with E-state index in [9.17, 15) is 0 Å². The Balaban J connectivity index is 2.11. The summed E-state index contributed by atoms with van der Waals surface area (Å²) >= 11 is 0. The Morgan fingerprint density at radius 1 is 1.35 bits per heavy atom. The fourth-order valence-corrected chi connectivity index (χ4v) is 2.35. The molecule has 0 radical (unpaired) electrons. The van der Waals surface area contributed by atoms with Gasteiger partial charge < -0.3 is 10.3 Å². The van der Waals surface area contributed by atoms with Crippen LogP contribution in [0.3, 0.4) is 0 Å². The van der Waals surface area contributed by atoms with Gasteiger partial charge in [-0.05, 0) is 30.6 Å². The Morgan fingerprint density at radius 2 is 2.06 bits per heavy atom. The van der Waals surface area contributed by atoms with Gasteiger partial charge in [0.05, 0.1) is 6.04 Å². The Bertz CT molecular complexity index is 380. The maximum atomic E-state index is 6.12. The Kier molecular flexibility index (Phi) is 3.25. The van der Waals surface area contributed by atoms with Gasteiger partial charge in [-0.3, -0.25) is 0 Å². The largest absolute Gasteiger partial charge is 0.338 e. The van der Waals surface area contributed by atoms with Gasteiger partial charge in [-0.2, -0.15) is 4.98 Å². The number of rotatable bonds is 2. The minimum absolute atomic E-state index is 0.0488. The molecule has 0 saturated heterocycles. The van der Waals surface area contributed by atoms with Crippen molar-refractivity contribution >= 4 is 0 Å². The van der Waals surface area contributed by atoms with Crippen molar-refractivity contribution in [2.75, 3.05) is 0 Å². The molecule has 2 rings (SSSR count). The SMILES string of the molecule is CC1CCC(c2noc(C(N)C(C)(C)C)n2)C1. The molecule has 1 saturated carbocycles. The molecule has 1 aliphatic carbocycles. The number of hydrogen-bond donors (Lipinski definition) is 1. The van der Waals surface area contributed by atoms with E-state index in [-0.39, 0.29) is 11.5 Å². The smallest absolute Gasteiger partial charge is 0.244 e. The van der Waals surface area contributed by atoms with E-state index in [1.807, 2.05) is 0 Å². The number of hydrogen-bond acceptors (Lipinski definition) is 4. The van der Waals surface area contributed by atoms with Crippen LogP contribution in [0.5, 0.6) is 0 Å². The van der Waals surface area contributed by atoms with Gasteiger partial charge in [0.2, 0.25) is 5.89 Å². The van der Waals surface area contributed by atoms with Gasteiger partial charge in [-0.15, -0.1) is 0 Å². The zero-order valence-corrected chi connectivity index (χ0v) is 11.2. The highest BCUT2D eigenvalue weighted by Crippen LogP contribution is 2.37. The molecule has 1 heterocycles. The van der Waals surface area contributed by atoms with E-state index in [2.05, 4.69) is 37.8 Å². The van der Waals surface area contributed by atoms with Crippen LogP contribution in [0.15, 0.2) is 4.52 Å². The van der Waals surface area contributed by atoms with Crippen LogP contribution in [0.4, 0.5) is 0 Å². The highest BCUT2D eigenvalue weighted by Gasteiger charge is 2.31. The first-order chi connectivity index (χ1) is 7.88. The van der Waals surface area contributed by atoms with Crippen molar-refractivity contribution in [3.05, 3.63) is 11.7 Å². The third-order valence-corrected chi connectivity index (χ3v) is 3.72. The quantitative estimate of drug-likeness (QED) is 0.858. The van der Waals surface area contributed by atoms with Crippen molar-refractivity contribution in [3.63, 3.8) is 0 Å². The molecule has 3 unspecified atom stereocenters. The second-order valence-electron chi connectivity index (χ2n) is 6.45. The van der Waals surface area contributed by atoms with Gasteiger partial charge in [0.1, 0.15) is 0 Å². The molecule has 0 aromatic carbocycles. The minimum atomic E-state index is -0.192. The van der Waals surface area contributed by atoms with Gasteiger partial charge >= 0.3 is 0 Å². The summed E-state index contributed by atoms with van der Waals surface area (Å²) in [4.78, 5) is 4.49. The molecule has 1 aromatic heterocycles. The standard InChI is InChI=1S/C13H23N3O/c1-8-5-6-9(7-8)11-15-12(17-16-11)10(14)13(2,3)4/h8-10H,5-7,14H2,1-4H3. The molecular formula is C13H23N3O. The molecule has 1 aromatic rings. The average molecular weight is 237 g/mol. The predicted molar refractivity (Wildman–Crippen MR) is 66.4 cm³/mol. The van der Waals surface area contributed by atoms with Crippen LogP contribution in [0.1, 0.15) is 70.6 Å². The van der Waals surface area contributed by atoms with Crippen molar-refractivity contribution in [1.29, 1.82) is 0 Å². The zero-order valence-electron chi connectivity index (χ0n) is 11.2.